The number of hydrogen-bond donors (Lipinski definition) is 1. The molecular formula is C27H35N7O5S. The standard InChI is InChI=1S/C27H35N7O5S/c1-31-19-8-10-22-21(17-19)26(30-32(22)2)27(36)28-12-5-15-33(14-4-7-25(31)35)40(37,38)24-18-20(9-11-23(24)39-3)34-16-6-13-29-34/h6,9,11,13,16,18-19H,4-5,7-8,10,12,14-15,17H2,1-3H3,(H,28,36). The summed E-state index contributed by atoms with van der Waals surface area (Å²) >= 11 is 0. The second-order valence-electron chi connectivity index (χ2n) is 10.2. The van der Waals surface area contributed by atoms with E-state index in [9.17, 15) is 18.0 Å². The van der Waals surface area contributed by atoms with Gasteiger partial charge in [0, 0.05) is 69.8 Å². The highest BCUT2D eigenvalue weighted by Gasteiger charge is 2.33. The molecule has 0 fully saturated rings. The van der Waals surface area contributed by atoms with Crippen molar-refractivity contribution >= 4 is 21.8 Å². The fourth-order valence-electron chi connectivity index (χ4n) is 5.53. The average Bonchev–Trinajstić information content (AvgIpc) is 3.61. The molecule has 2 bridgehead atoms. The Balaban J connectivity index is 1.43. The second-order valence-corrected chi connectivity index (χ2v) is 12.1. The lowest BCUT2D eigenvalue weighted by Gasteiger charge is -2.32. The minimum absolute atomic E-state index is 0.0185. The van der Waals surface area contributed by atoms with Crippen molar-refractivity contribution in [1.29, 1.82) is 0 Å². The zero-order valence-electron chi connectivity index (χ0n) is 23.0. The van der Waals surface area contributed by atoms with E-state index < -0.39 is 10.0 Å². The Labute approximate surface area is 233 Å². The number of aryl methyl sites for hydroxylation is 1. The minimum atomic E-state index is -4.01. The van der Waals surface area contributed by atoms with Crippen LogP contribution in [0, 0.1) is 0 Å². The van der Waals surface area contributed by atoms with Gasteiger partial charge in [0.15, 0.2) is 5.69 Å². The number of nitrogens with zero attached hydrogens (tertiary/aromatic N) is 6. The summed E-state index contributed by atoms with van der Waals surface area (Å²) in [7, 11) is 1.03. The molecule has 214 valence electrons. The summed E-state index contributed by atoms with van der Waals surface area (Å²) in [6, 6.07) is 6.59. The Bertz CT molecular complexity index is 1500. The quantitative estimate of drug-likeness (QED) is 0.504. The predicted molar refractivity (Wildman–Crippen MR) is 147 cm³/mol. The first-order chi connectivity index (χ1) is 19.2. The molecule has 3 aromatic rings. The third kappa shape index (κ3) is 5.35. The van der Waals surface area contributed by atoms with Gasteiger partial charge >= 0.3 is 0 Å². The van der Waals surface area contributed by atoms with Crippen LogP contribution in [0.2, 0.25) is 0 Å². The third-order valence-corrected chi connectivity index (χ3v) is 9.71. The fourth-order valence-corrected chi connectivity index (χ4v) is 7.23. The topological polar surface area (TPSA) is 132 Å². The fraction of sp³-hybridized carbons (Fsp3) is 0.481. The lowest BCUT2D eigenvalue weighted by atomic mass is 9.90. The molecule has 1 atom stereocenters. The van der Waals surface area contributed by atoms with Crippen molar-refractivity contribution in [2.24, 2.45) is 7.05 Å². The maximum Gasteiger partial charge on any atom is 0.272 e. The predicted octanol–water partition coefficient (Wildman–Crippen LogP) is 1.53. The number of rotatable bonds is 4. The van der Waals surface area contributed by atoms with Crippen molar-refractivity contribution in [3.05, 3.63) is 53.6 Å². The van der Waals surface area contributed by atoms with Crippen LogP contribution in [0.1, 0.15) is 47.4 Å². The van der Waals surface area contributed by atoms with E-state index in [2.05, 4.69) is 15.5 Å². The molecule has 2 amide bonds. The van der Waals surface area contributed by atoms with E-state index >= 15 is 0 Å². The number of amides is 2. The number of fused-ring (bicyclic) bond motifs is 1. The van der Waals surface area contributed by atoms with Crippen LogP contribution in [0.3, 0.4) is 0 Å². The normalized spacial score (nSPS) is 19.6. The Hall–Kier alpha value is -3.71. The van der Waals surface area contributed by atoms with Crippen molar-refractivity contribution < 1.29 is 22.7 Å². The average molecular weight is 570 g/mol. The first kappa shape index (κ1) is 27.8. The van der Waals surface area contributed by atoms with Crippen LogP contribution in [0.25, 0.3) is 5.69 Å². The number of sulfonamides is 1. The van der Waals surface area contributed by atoms with E-state index in [4.69, 9.17) is 4.74 Å². The summed E-state index contributed by atoms with van der Waals surface area (Å²) in [5.74, 6) is -0.117. The molecule has 40 heavy (non-hydrogen) atoms. The van der Waals surface area contributed by atoms with Crippen molar-refractivity contribution in [1.82, 2.24) is 34.1 Å². The summed E-state index contributed by atoms with van der Waals surface area (Å²) < 4.78 is 38.1. The molecule has 5 rings (SSSR count). The van der Waals surface area contributed by atoms with Gasteiger partial charge in [-0.25, -0.2) is 13.1 Å². The lowest BCUT2D eigenvalue weighted by Crippen LogP contribution is -2.41. The number of carbonyl (C=O) groups is 2. The number of likely N-dealkylation sites (N-methyl/N-ethyl adjacent to an activating group) is 1. The summed E-state index contributed by atoms with van der Waals surface area (Å²) in [6.45, 7) is 0.593. The van der Waals surface area contributed by atoms with E-state index in [1.54, 1.807) is 51.9 Å². The van der Waals surface area contributed by atoms with Gasteiger partial charge in [-0.05, 0) is 56.4 Å². The van der Waals surface area contributed by atoms with Crippen molar-refractivity contribution in [3.63, 3.8) is 0 Å². The molecule has 2 aromatic heterocycles. The van der Waals surface area contributed by atoms with Gasteiger partial charge in [-0.3, -0.25) is 14.3 Å². The first-order valence-electron chi connectivity index (χ1n) is 13.5. The van der Waals surface area contributed by atoms with Gasteiger partial charge in [-0.1, -0.05) is 0 Å². The van der Waals surface area contributed by atoms with Crippen LogP contribution >= 0.6 is 0 Å². The maximum atomic E-state index is 14.0. The summed E-state index contributed by atoms with van der Waals surface area (Å²) in [4.78, 5) is 28.0. The largest absolute Gasteiger partial charge is 0.495 e. The number of ether oxygens (including phenoxy) is 1. The molecule has 0 spiro atoms. The van der Waals surface area contributed by atoms with Gasteiger partial charge in [0.2, 0.25) is 15.9 Å². The first-order valence-corrected chi connectivity index (χ1v) is 14.9. The molecule has 1 unspecified atom stereocenters. The van der Waals surface area contributed by atoms with Crippen molar-refractivity contribution in [3.8, 4) is 11.4 Å². The number of aromatic nitrogens is 4. The highest BCUT2D eigenvalue weighted by molar-refractivity contribution is 7.89. The molecule has 0 saturated heterocycles. The maximum absolute atomic E-state index is 14.0. The molecule has 2 aliphatic rings. The molecule has 0 saturated carbocycles. The lowest BCUT2D eigenvalue weighted by molar-refractivity contribution is -0.132. The number of nitrogens with one attached hydrogen (secondary N) is 1. The Kier molecular flexibility index (Phi) is 7.95. The zero-order valence-corrected chi connectivity index (χ0v) is 23.9. The van der Waals surface area contributed by atoms with E-state index in [1.807, 2.05) is 7.05 Å². The molecule has 3 heterocycles. The summed E-state index contributed by atoms with van der Waals surface area (Å²) in [5, 5.41) is 11.6. The van der Waals surface area contributed by atoms with Gasteiger partial charge in [0.25, 0.3) is 5.91 Å². The molecule has 0 radical (unpaired) electrons. The summed E-state index contributed by atoms with van der Waals surface area (Å²) in [6.07, 6.45) is 6.40. The molecule has 13 heteroatoms. The van der Waals surface area contributed by atoms with E-state index in [1.165, 1.54) is 17.5 Å². The minimum Gasteiger partial charge on any atom is -0.495 e. The van der Waals surface area contributed by atoms with E-state index in [0.717, 1.165) is 24.1 Å². The third-order valence-electron chi connectivity index (χ3n) is 7.79. The van der Waals surface area contributed by atoms with Gasteiger partial charge in [0.05, 0.1) is 12.8 Å². The van der Waals surface area contributed by atoms with E-state index in [0.29, 0.717) is 30.6 Å². The van der Waals surface area contributed by atoms with Gasteiger partial charge in [-0.2, -0.15) is 14.5 Å². The highest BCUT2D eigenvalue weighted by Crippen LogP contribution is 2.30. The van der Waals surface area contributed by atoms with Crippen LogP contribution in [0.4, 0.5) is 0 Å². The van der Waals surface area contributed by atoms with Crippen molar-refractivity contribution in [2.45, 2.75) is 49.5 Å². The molecule has 1 aromatic carbocycles. The second kappa shape index (κ2) is 11.4. The number of methoxy groups -OCH3 is 1. The van der Waals surface area contributed by atoms with Crippen LogP contribution in [-0.2, 0) is 34.7 Å². The van der Waals surface area contributed by atoms with Crippen LogP contribution in [0.5, 0.6) is 5.75 Å². The van der Waals surface area contributed by atoms with Gasteiger partial charge in [-0.15, -0.1) is 0 Å². The summed E-state index contributed by atoms with van der Waals surface area (Å²) in [5.41, 5.74) is 2.87. The highest BCUT2D eigenvalue weighted by atomic mass is 32.2. The smallest absolute Gasteiger partial charge is 0.272 e. The van der Waals surface area contributed by atoms with Crippen LogP contribution in [0.15, 0.2) is 41.6 Å². The van der Waals surface area contributed by atoms with Gasteiger partial charge in [0.1, 0.15) is 10.6 Å². The molecule has 1 N–H and O–H groups in total. The zero-order chi connectivity index (χ0) is 28.4. The number of hydrogen-bond acceptors (Lipinski definition) is 7. The van der Waals surface area contributed by atoms with Gasteiger partial charge < -0.3 is 15.0 Å². The Morgan fingerprint density at radius 1 is 1.10 bits per heavy atom. The monoisotopic (exact) mass is 569 g/mol. The molecular weight excluding hydrogens is 534 g/mol. The molecule has 1 aliphatic carbocycles. The van der Waals surface area contributed by atoms with Crippen molar-refractivity contribution in [2.75, 3.05) is 33.8 Å². The molecule has 1 aliphatic heterocycles. The van der Waals surface area contributed by atoms with Crippen LogP contribution in [-0.4, -0.2) is 88.8 Å². The van der Waals surface area contributed by atoms with E-state index in [-0.39, 0.29) is 54.6 Å². The Morgan fingerprint density at radius 3 is 2.65 bits per heavy atom. The Morgan fingerprint density at radius 2 is 1.90 bits per heavy atom. The molecule has 12 nitrogen and oxygen atoms in total. The number of carbonyl (C=O) groups excluding carboxylic acids is 2. The number of benzene rings is 1. The SMILES string of the molecule is COc1ccc(-n2cccn2)cc1S(=O)(=O)N1CCCNC(=O)c2nn(C)c3c2CC(CC3)N(C)C(=O)CCC1. The van der Waals surface area contributed by atoms with Crippen LogP contribution < -0.4 is 10.1 Å².